The highest BCUT2D eigenvalue weighted by Crippen LogP contribution is 2.35. The number of aromatic amines is 2. The van der Waals surface area contributed by atoms with Gasteiger partial charge in [-0.25, -0.2) is 37.5 Å². The van der Waals surface area contributed by atoms with Gasteiger partial charge in [0, 0.05) is 33.0 Å². The topological polar surface area (TPSA) is 127 Å². The first-order valence-corrected chi connectivity index (χ1v) is 20.5. The Balaban J connectivity index is 0.000000154. The van der Waals surface area contributed by atoms with Crippen molar-refractivity contribution in [3.63, 3.8) is 0 Å². The molecule has 0 bridgehead atoms. The summed E-state index contributed by atoms with van der Waals surface area (Å²) in [7, 11) is 0. The number of benzene rings is 4. The highest BCUT2D eigenvalue weighted by Gasteiger charge is 2.21. The van der Waals surface area contributed by atoms with Gasteiger partial charge in [-0.3, -0.25) is 9.59 Å². The van der Waals surface area contributed by atoms with Gasteiger partial charge >= 0.3 is 0 Å². The number of aromatic nitrogens is 8. The van der Waals surface area contributed by atoms with E-state index in [1.54, 1.807) is 35.3 Å². The Morgan fingerprint density at radius 3 is 1.60 bits per heavy atom. The Hall–Kier alpha value is -6.20. The van der Waals surface area contributed by atoms with Crippen LogP contribution in [-0.2, 0) is 13.1 Å². The lowest BCUT2D eigenvalue weighted by Crippen LogP contribution is -2.11. The van der Waals surface area contributed by atoms with Crippen molar-refractivity contribution in [3.05, 3.63) is 160 Å². The van der Waals surface area contributed by atoms with Crippen molar-refractivity contribution in [2.45, 2.75) is 26.9 Å². The number of fused-ring (bicyclic) bond motifs is 4. The smallest absolute Gasteiger partial charge is 0.248 e. The fraction of sp³-hybridized carbons (Fsp3) is 0.0952. The van der Waals surface area contributed by atoms with Crippen LogP contribution in [0.4, 0.5) is 17.6 Å². The lowest BCUT2D eigenvalue weighted by Gasteiger charge is -2.12. The number of rotatable bonds is 6. The molecule has 0 unspecified atom stereocenters. The van der Waals surface area contributed by atoms with Crippen LogP contribution < -0.4 is 11.1 Å². The SMILES string of the molecule is Cc1ncsc1-c1nc2cc(Cl)ccc2n1Cc1cc(=O)[nH]c2c(F)c(F)ccc12.Cc1ncsc1-c1nc2ccc(Cl)cc2n1Cc1cc(=O)[nH]c2c(F)c(F)ccc12. The molecule has 10 rings (SSSR count). The van der Waals surface area contributed by atoms with Crippen molar-refractivity contribution in [2.75, 3.05) is 0 Å². The van der Waals surface area contributed by atoms with E-state index in [4.69, 9.17) is 33.2 Å². The Morgan fingerprint density at radius 2 is 1.08 bits per heavy atom. The van der Waals surface area contributed by atoms with E-state index < -0.39 is 34.4 Å². The number of nitrogens with zero attached hydrogens (tertiary/aromatic N) is 6. The molecule has 60 heavy (non-hydrogen) atoms. The van der Waals surface area contributed by atoms with Gasteiger partial charge < -0.3 is 19.1 Å². The molecule has 0 aliphatic heterocycles. The summed E-state index contributed by atoms with van der Waals surface area (Å²) in [5.41, 5.74) is 7.87. The number of hydrogen-bond acceptors (Lipinski definition) is 8. The van der Waals surface area contributed by atoms with Crippen LogP contribution in [0.5, 0.6) is 0 Å². The summed E-state index contributed by atoms with van der Waals surface area (Å²) in [6.07, 6.45) is 0. The van der Waals surface area contributed by atoms with Crippen LogP contribution in [0.15, 0.2) is 93.4 Å². The number of aryl methyl sites for hydroxylation is 2. The Kier molecular flexibility index (Phi) is 10.1. The molecule has 10 aromatic rings. The van der Waals surface area contributed by atoms with Gasteiger partial charge in [-0.1, -0.05) is 23.2 Å². The molecular weight excluding hydrogens is 860 g/mol. The van der Waals surface area contributed by atoms with E-state index in [0.717, 1.165) is 49.8 Å². The third-order valence-electron chi connectivity index (χ3n) is 9.96. The van der Waals surface area contributed by atoms with Crippen LogP contribution in [0.3, 0.4) is 0 Å². The van der Waals surface area contributed by atoms with Crippen molar-refractivity contribution < 1.29 is 17.6 Å². The second kappa shape index (κ2) is 15.4. The Morgan fingerprint density at radius 1 is 0.600 bits per heavy atom. The largest absolute Gasteiger partial charge is 0.319 e. The number of pyridine rings is 2. The normalized spacial score (nSPS) is 11.6. The molecule has 0 saturated heterocycles. The standard InChI is InChI=1S/2C21H13ClF2N4OS/c1-10-20(30-9-25-10)21-26-15-7-12(22)2-5-16(15)28(21)8-11-6-17(29)27-19-13(11)3-4-14(23)18(19)24;1-10-20(30-9-25-10)21-26-15-5-2-12(22)7-16(15)28(21)8-11-6-17(29)27-19-13(11)3-4-14(23)18(19)24/h2*2-7,9H,8H2,1H3,(H,27,29). The molecule has 4 aromatic carbocycles. The molecule has 6 aromatic heterocycles. The van der Waals surface area contributed by atoms with E-state index in [1.807, 2.05) is 35.1 Å². The van der Waals surface area contributed by atoms with Gasteiger partial charge in [-0.2, -0.15) is 0 Å². The maximum atomic E-state index is 14.3. The number of halogens is 6. The molecule has 0 amide bonds. The van der Waals surface area contributed by atoms with Crippen LogP contribution in [0.1, 0.15) is 22.5 Å². The monoisotopic (exact) mass is 884 g/mol. The average Bonchev–Trinajstić information content (AvgIpc) is 4.00. The van der Waals surface area contributed by atoms with E-state index in [1.165, 1.54) is 46.9 Å². The first-order chi connectivity index (χ1) is 28.8. The van der Waals surface area contributed by atoms with E-state index in [0.29, 0.717) is 49.1 Å². The number of hydrogen-bond donors (Lipinski definition) is 2. The summed E-state index contributed by atoms with van der Waals surface area (Å²) in [5, 5.41) is 1.94. The van der Waals surface area contributed by atoms with E-state index in [2.05, 4.69) is 19.9 Å². The van der Waals surface area contributed by atoms with Gasteiger partial charge in [0.2, 0.25) is 11.1 Å². The molecule has 300 valence electrons. The summed E-state index contributed by atoms with van der Waals surface area (Å²) in [6.45, 7) is 4.23. The van der Waals surface area contributed by atoms with Crippen LogP contribution in [-0.4, -0.2) is 39.0 Å². The number of H-pyrrole nitrogens is 2. The van der Waals surface area contributed by atoms with Gasteiger partial charge in [-0.05, 0) is 85.6 Å². The van der Waals surface area contributed by atoms with Gasteiger partial charge in [0.1, 0.15) is 0 Å². The fourth-order valence-corrected chi connectivity index (χ4v) is 9.11. The predicted octanol–water partition coefficient (Wildman–Crippen LogP) is 10.6. The van der Waals surface area contributed by atoms with Gasteiger partial charge in [0.05, 0.1) is 78.4 Å². The second-order valence-electron chi connectivity index (χ2n) is 13.7. The van der Waals surface area contributed by atoms with Crippen LogP contribution in [0.25, 0.3) is 65.3 Å². The van der Waals surface area contributed by atoms with Crippen molar-refractivity contribution >= 4 is 89.7 Å². The lowest BCUT2D eigenvalue weighted by atomic mass is 10.1. The molecule has 18 heteroatoms. The molecule has 0 radical (unpaired) electrons. The maximum absolute atomic E-state index is 14.3. The van der Waals surface area contributed by atoms with Crippen LogP contribution in [0.2, 0.25) is 10.0 Å². The molecule has 10 nitrogen and oxygen atoms in total. The highest BCUT2D eigenvalue weighted by atomic mass is 35.5. The predicted molar refractivity (Wildman–Crippen MR) is 228 cm³/mol. The summed E-state index contributed by atoms with van der Waals surface area (Å²) in [4.78, 5) is 49.0. The number of nitrogens with one attached hydrogen (secondary N) is 2. The minimum Gasteiger partial charge on any atom is -0.319 e. The zero-order valence-electron chi connectivity index (χ0n) is 31.1. The molecule has 0 aliphatic rings. The molecule has 0 aliphatic carbocycles. The summed E-state index contributed by atoms with van der Waals surface area (Å²) < 4.78 is 59.9. The van der Waals surface area contributed by atoms with Gasteiger partial charge in [0.15, 0.2) is 34.9 Å². The summed E-state index contributed by atoms with van der Waals surface area (Å²) in [5.74, 6) is -2.85. The third kappa shape index (κ3) is 7.04. The van der Waals surface area contributed by atoms with E-state index in [-0.39, 0.29) is 24.1 Å². The van der Waals surface area contributed by atoms with Crippen molar-refractivity contribution in [1.29, 1.82) is 0 Å². The quantitative estimate of drug-likeness (QED) is 0.160. The lowest BCUT2D eigenvalue weighted by molar-refractivity contribution is 0.515. The molecule has 2 N–H and O–H groups in total. The van der Waals surface area contributed by atoms with Gasteiger partial charge in [0.25, 0.3) is 0 Å². The minimum atomic E-state index is -1.08. The third-order valence-corrected chi connectivity index (χ3v) is 12.3. The molecule has 0 fully saturated rings. The molecule has 0 spiro atoms. The summed E-state index contributed by atoms with van der Waals surface area (Å²) >= 11 is 15.3. The van der Waals surface area contributed by atoms with Crippen LogP contribution in [0, 0.1) is 37.1 Å². The summed E-state index contributed by atoms with van der Waals surface area (Å²) in [6, 6.07) is 18.5. The highest BCUT2D eigenvalue weighted by molar-refractivity contribution is 7.13. The molecular formula is C42H26Cl2F4N8O2S2. The molecule has 0 saturated carbocycles. The number of imidazole rings is 2. The van der Waals surface area contributed by atoms with E-state index >= 15 is 0 Å². The van der Waals surface area contributed by atoms with Crippen molar-refractivity contribution in [1.82, 2.24) is 39.0 Å². The Labute approximate surface area is 353 Å². The first-order valence-electron chi connectivity index (χ1n) is 18.0. The second-order valence-corrected chi connectivity index (χ2v) is 16.3. The Bertz CT molecular complexity index is 3430. The average molecular weight is 886 g/mol. The number of thiazole rings is 2. The first kappa shape index (κ1) is 39.3. The van der Waals surface area contributed by atoms with Crippen molar-refractivity contribution in [2.24, 2.45) is 0 Å². The van der Waals surface area contributed by atoms with E-state index in [9.17, 15) is 27.2 Å². The van der Waals surface area contributed by atoms with Crippen LogP contribution >= 0.6 is 45.9 Å². The maximum Gasteiger partial charge on any atom is 0.248 e. The molecule has 6 heterocycles. The van der Waals surface area contributed by atoms with Gasteiger partial charge in [-0.15, -0.1) is 22.7 Å². The zero-order valence-corrected chi connectivity index (χ0v) is 34.2. The zero-order chi connectivity index (χ0) is 42.0. The minimum absolute atomic E-state index is 0.152. The van der Waals surface area contributed by atoms with Crippen molar-refractivity contribution in [3.8, 4) is 21.4 Å². The fourth-order valence-electron chi connectivity index (χ4n) is 7.17. The molecule has 0 atom stereocenters.